The van der Waals surface area contributed by atoms with Crippen LogP contribution in [-0.2, 0) is 5.41 Å². The van der Waals surface area contributed by atoms with Crippen molar-refractivity contribution in [1.29, 1.82) is 0 Å². The van der Waals surface area contributed by atoms with Gasteiger partial charge in [-0.1, -0.05) is 20.8 Å². The van der Waals surface area contributed by atoms with Gasteiger partial charge in [-0.15, -0.1) is 0 Å². The Morgan fingerprint density at radius 3 is 2.67 bits per heavy atom. The predicted octanol–water partition coefficient (Wildman–Crippen LogP) is 3.25. The van der Waals surface area contributed by atoms with Gasteiger partial charge in [-0.25, -0.2) is 19.9 Å². The molecule has 0 saturated carbocycles. The van der Waals surface area contributed by atoms with E-state index in [0.29, 0.717) is 17.5 Å². The molecule has 8 nitrogen and oxygen atoms in total. The Kier molecular flexibility index (Phi) is 4.98. The summed E-state index contributed by atoms with van der Waals surface area (Å²) >= 11 is 0. The maximum absolute atomic E-state index is 5.86. The number of imidazole rings is 1. The Bertz CT molecular complexity index is 943. The smallest absolute Gasteiger partial charge is 0.223 e. The number of H-pyrrole nitrogens is 1. The van der Waals surface area contributed by atoms with Crippen LogP contribution in [0.5, 0.6) is 5.75 Å². The van der Waals surface area contributed by atoms with Gasteiger partial charge in [-0.05, 0) is 19.1 Å². The Morgan fingerprint density at radius 2 is 2.00 bits per heavy atom. The lowest BCUT2D eigenvalue weighted by molar-refractivity contribution is 0.415. The molecule has 8 heteroatoms. The lowest BCUT2D eigenvalue weighted by atomic mass is 9.96. The molecule has 142 valence electrons. The van der Waals surface area contributed by atoms with E-state index in [1.807, 2.05) is 19.1 Å². The first-order chi connectivity index (χ1) is 12.8. The van der Waals surface area contributed by atoms with Crippen LogP contribution in [0.25, 0.3) is 22.6 Å². The molecule has 0 saturated heterocycles. The van der Waals surface area contributed by atoms with Gasteiger partial charge in [0.2, 0.25) is 5.95 Å². The van der Waals surface area contributed by atoms with Crippen molar-refractivity contribution in [1.82, 2.24) is 24.9 Å². The van der Waals surface area contributed by atoms with E-state index >= 15 is 0 Å². The number of methoxy groups -OCH3 is 1. The minimum Gasteiger partial charge on any atom is -0.493 e. The summed E-state index contributed by atoms with van der Waals surface area (Å²) in [5.74, 6) is 2.27. The van der Waals surface area contributed by atoms with Crippen LogP contribution in [0.1, 0.15) is 33.5 Å². The van der Waals surface area contributed by atoms with Gasteiger partial charge < -0.3 is 20.8 Å². The summed E-state index contributed by atoms with van der Waals surface area (Å²) in [6, 6.07) is 3.69. The molecular weight excluding hydrogens is 342 g/mol. The average molecular weight is 367 g/mol. The molecule has 3 rings (SSSR count). The maximum atomic E-state index is 5.86. The van der Waals surface area contributed by atoms with Crippen molar-refractivity contribution in [3.63, 3.8) is 0 Å². The number of pyridine rings is 1. The fourth-order valence-corrected chi connectivity index (χ4v) is 2.61. The van der Waals surface area contributed by atoms with Crippen molar-refractivity contribution in [3.05, 3.63) is 30.4 Å². The summed E-state index contributed by atoms with van der Waals surface area (Å²) in [7, 11) is 1.57. The number of anilines is 2. The zero-order chi connectivity index (χ0) is 19.6. The highest BCUT2D eigenvalue weighted by atomic mass is 16.5. The van der Waals surface area contributed by atoms with Crippen LogP contribution in [0.4, 0.5) is 11.8 Å². The number of hydrogen-bond acceptors (Lipinski definition) is 7. The summed E-state index contributed by atoms with van der Waals surface area (Å²) in [6.07, 6.45) is 3.42. The highest BCUT2D eigenvalue weighted by molar-refractivity contribution is 5.78. The van der Waals surface area contributed by atoms with Gasteiger partial charge in [-0.2, -0.15) is 0 Å². The first-order valence-electron chi connectivity index (χ1n) is 8.81. The molecule has 0 bridgehead atoms. The van der Waals surface area contributed by atoms with E-state index in [1.54, 1.807) is 19.5 Å². The summed E-state index contributed by atoms with van der Waals surface area (Å²) in [5, 5.41) is 3.13. The van der Waals surface area contributed by atoms with Crippen LogP contribution in [0.3, 0.4) is 0 Å². The molecule has 0 atom stereocenters. The maximum Gasteiger partial charge on any atom is 0.223 e. The number of ether oxygens (including phenoxy) is 1. The normalized spacial score (nSPS) is 11.4. The molecule has 3 heterocycles. The third-order valence-corrected chi connectivity index (χ3v) is 4.04. The fraction of sp³-hybridized carbons (Fsp3) is 0.368. The van der Waals surface area contributed by atoms with Gasteiger partial charge in [0.15, 0.2) is 11.6 Å². The molecule has 0 spiro atoms. The molecule has 0 amide bonds. The predicted molar refractivity (Wildman–Crippen MR) is 107 cm³/mol. The monoisotopic (exact) mass is 367 g/mol. The van der Waals surface area contributed by atoms with E-state index < -0.39 is 0 Å². The van der Waals surface area contributed by atoms with Crippen LogP contribution in [0, 0.1) is 0 Å². The fourth-order valence-electron chi connectivity index (χ4n) is 2.61. The van der Waals surface area contributed by atoms with Crippen LogP contribution in [0.2, 0.25) is 0 Å². The molecule has 0 radical (unpaired) electrons. The number of rotatable bonds is 5. The largest absolute Gasteiger partial charge is 0.493 e. The van der Waals surface area contributed by atoms with Gasteiger partial charge in [0.1, 0.15) is 5.82 Å². The third-order valence-electron chi connectivity index (χ3n) is 4.04. The van der Waals surface area contributed by atoms with Crippen LogP contribution in [0.15, 0.2) is 24.5 Å². The standard InChI is InChI=1S/C19H25N7O/c1-6-21-18-22-8-7-12(24-18)15-14(25-17(26-15)19(2,3)4)11-9-13(27-5)16(20)23-10-11/h7-10H,6H2,1-5H3,(H2,20,23)(H,25,26)(H,21,22,24). The third kappa shape index (κ3) is 3.84. The van der Waals surface area contributed by atoms with Crippen molar-refractivity contribution >= 4 is 11.8 Å². The molecule has 4 N–H and O–H groups in total. The lowest BCUT2D eigenvalue weighted by Gasteiger charge is -2.14. The number of nitrogens with two attached hydrogens (primary N) is 1. The summed E-state index contributed by atoms with van der Waals surface area (Å²) in [6.45, 7) is 9.05. The zero-order valence-electron chi connectivity index (χ0n) is 16.3. The van der Waals surface area contributed by atoms with Gasteiger partial charge >= 0.3 is 0 Å². The van der Waals surface area contributed by atoms with E-state index in [9.17, 15) is 0 Å². The highest BCUT2D eigenvalue weighted by Crippen LogP contribution is 2.34. The van der Waals surface area contributed by atoms with E-state index in [4.69, 9.17) is 15.5 Å². The van der Waals surface area contributed by atoms with Crippen molar-refractivity contribution in [3.8, 4) is 28.4 Å². The second-order valence-corrected chi connectivity index (χ2v) is 7.17. The van der Waals surface area contributed by atoms with Crippen molar-refractivity contribution in [2.24, 2.45) is 0 Å². The minimum atomic E-state index is -0.157. The molecule has 0 fully saturated rings. The van der Waals surface area contributed by atoms with E-state index in [1.165, 1.54) is 0 Å². The van der Waals surface area contributed by atoms with Crippen molar-refractivity contribution < 1.29 is 4.74 Å². The number of hydrogen-bond donors (Lipinski definition) is 3. The topological polar surface area (TPSA) is 115 Å². The van der Waals surface area contributed by atoms with E-state index in [2.05, 4.69) is 46.0 Å². The first kappa shape index (κ1) is 18.6. The molecule has 3 aromatic rings. The Balaban J connectivity index is 2.19. The van der Waals surface area contributed by atoms with Gasteiger partial charge in [0, 0.05) is 29.9 Å². The molecule has 0 aromatic carbocycles. The Labute approximate surface area is 158 Å². The van der Waals surface area contributed by atoms with E-state index in [0.717, 1.165) is 35.0 Å². The molecular formula is C19H25N7O. The second kappa shape index (κ2) is 7.22. The Morgan fingerprint density at radius 1 is 1.22 bits per heavy atom. The summed E-state index contributed by atoms with van der Waals surface area (Å²) < 4.78 is 5.32. The Hall–Kier alpha value is -3.16. The number of aromatic amines is 1. The number of nitrogen functional groups attached to an aromatic ring is 1. The molecule has 0 aliphatic rings. The second-order valence-electron chi connectivity index (χ2n) is 7.17. The van der Waals surface area contributed by atoms with E-state index in [-0.39, 0.29) is 5.41 Å². The lowest BCUT2D eigenvalue weighted by Crippen LogP contribution is -2.13. The molecule has 0 unspecified atom stereocenters. The van der Waals surface area contributed by atoms with Crippen molar-refractivity contribution in [2.45, 2.75) is 33.1 Å². The molecule has 3 aromatic heterocycles. The molecule has 0 aliphatic carbocycles. The zero-order valence-corrected chi connectivity index (χ0v) is 16.3. The molecule has 27 heavy (non-hydrogen) atoms. The van der Waals surface area contributed by atoms with Crippen LogP contribution >= 0.6 is 0 Å². The van der Waals surface area contributed by atoms with Crippen LogP contribution < -0.4 is 15.8 Å². The SMILES string of the molecule is CCNc1nccc(-c2[nH]c(C(C)(C)C)nc2-c2cnc(N)c(OC)c2)n1. The number of aromatic nitrogens is 5. The summed E-state index contributed by atoms with van der Waals surface area (Å²) in [4.78, 5) is 21.3. The van der Waals surface area contributed by atoms with Gasteiger partial charge in [-0.3, -0.25) is 0 Å². The van der Waals surface area contributed by atoms with Gasteiger partial charge in [0.05, 0.1) is 24.2 Å². The quantitative estimate of drug-likeness (QED) is 0.634. The van der Waals surface area contributed by atoms with Crippen molar-refractivity contribution in [2.75, 3.05) is 24.7 Å². The summed E-state index contributed by atoms with van der Waals surface area (Å²) in [5.41, 5.74) is 8.79. The highest BCUT2D eigenvalue weighted by Gasteiger charge is 2.24. The molecule has 0 aliphatic heterocycles. The average Bonchev–Trinajstić information content (AvgIpc) is 3.08. The number of nitrogens with one attached hydrogen (secondary N) is 2. The minimum absolute atomic E-state index is 0.157. The van der Waals surface area contributed by atoms with Gasteiger partial charge in [0.25, 0.3) is 0 Å². The first-order valence-corrected chi connectivity index (χ1v) is 8.81. The number of nitrogens with zero attached hydrogens (tertiary/aromatic N) is 4. The van der Waals surface area contributed by atoms with Crippen LogP contribution in [-0.4, -0.2) is 38.6 Å².